The summed E-state index contributed by atoms with van der Waals surface area (Å²) in [6.07, 6.45) is 1.52. The zero-order valence-corrected chi connectivity index (χ0v) is 21.5. The Kier molecular flexibility index (Phi) is 6.17. The van der Waals surface area contributed by atoms with Crippen molar-refractivity contribution in [3.8, 4) is 17.2 Å². The number of nitrogens with zero attached hydrogens (tertiary/aromatic N) is 2. The number of carbonyl (C=O) groups excluding carboxylic acids is 1. The van der Waals surface area contributed by atoms with Gasteiger partial charge in [0.15, 0.2) is 16.3 Å². The van der Waals surface area contributed by atoms with Crippen molar-refractivity contribution in [2.75, 3.05) is 13.9 Å². The SMILES string of the molecule is COc1ccc([C@H]2C(C(=O)OC(C)C)=C(C)N=c3s/c(=C\c4cc5c(cc4C)OCO5)c(=O)n32)cc1. The summed E-state index contributed by atoms with van der Waals surface area (Å²) in [5.41, 5.74) is 3.18. The summed E-state index contributed by atoms with van der Waals surface area (Å²) < 4.78 is 23.9. The number of benzene rings is 2. The molecule has 1 atom stereocenters. The van der Waals surface area contributed by atoms with Crippen LogP contribution in [0.5, 0.6) is 17.2 Å². The molecule has 36 heavy (non-hydrogen) atoms. The molecule has 2 aromatic carbocycles. The van der Waals surface area contributed by atoms with Crippen molar-refractivity contribution in [3.63, 3.8) is 0 Å². The number of thiazole rings is 1. The Morgan fingerprint density at radius 2 is 1.86 bits per heavy atom. The topological polar surface area (TPSA) is 88.4 Å². The molecule has 186 valence electrons. The fraction of sp³-hybridized carbons (Fsp3) is 0.296. The van der Waals surface area contributed by atoms with Crippen LogP contribution in [0.1, 0.15) is 43.5 Å². The second kappa shape index (κ2) is 9.31. The van der Waals surface area contributed by atoms with Gasteiger partial charge in [0.05, 0.1) is 35.1 Å². The fourth-order valence-electron chi connectivity index (χ4n) is 4.32. The monoisotopic (exact) mass is 506 g/mol. The van der Waals surface area contributed by atoms with E-state index in [1.165, 1.54) is 11.3 Å². The first-order chi connectivity index (χ1) is 17.3. The Balaban J connectivity index is 1.69. The molecule has 0 saturated carbocycles. The number of ether oxygens (including phenoxy) is 4. The average molecular weight is 507 g/mol. The number of rotatable bonds is 5. The molecular formula is C27H26N2O6S. The van der Waals surface area contributed by atoms with E-state index in [1.54, 1.807) is 32.4 Å². The van der Waals surface area contributed by atoms with E-state index in [4.69, 9.17) is 18.9 Å². The van der Waals surface area contributed by atoms with E-state index in [9.17, 15) is 9.59 Å². The minimum atomic E-state index is -0.682. The molecule has 3 heterocycles. The van der Waals surface area contributed by atoms with E-state index in [-0.39, 0.29) is 18.5 Å². The summed E-state index contributed by atoms with van der Waals surface area (Å²) in [7, 11) is 1.59. The third-order valence-corrected chi connectivity index (χ3v) is 7.05. The number of hydrogen-bond donors (Lipinski definition) is 0. The highest BCUT2D eigenvalue weighted by Gasteiger charge is 2.33. The molecule has 0 amide bonds. The number of fused-ring (bicyclic) bond motifs is 2. The summed E-state index contributed by atoms with van der Waals surface area (Å²) in [5.74, 6) is 1.52. The van der Waals surface area contributed by atoms with E-state index >= 15 is 0 Å². The molecule has 2 aliphatic heterocycles. The Hall–Kier alpha value is -3.85. The molecule has 5 rings (SSSR count). The normalized spacial score (nSPS) is 16.7. The van der Waals surface area contributed by atoms with Crippen molar-refractivity contribution in [3.05, 3.63) is 84.0 Å². The lowest BCUT2D eigenvalue weighted by Crippen LogP contribution is -2.40. The van der Waals surface area contributed by atoms with Gasteiger partial charge in [-0.3, -0.25) is 9.36 Å². The number of esters is 1. The number of methoxy groups -OCH3 is 1. The van der Waals surface area contributed by atoms with Crippen LogP contribution in [-0.4, -0.2) is 30.5 Å². The minimum absolute atomic E-state index is 0.177. The van der Waals surface area contributed by atoms with Gasteiger partial charge in [-0.25, -0.2) is 9.79 Å². The van der Waals surface area contributed by atoms with Crippen molar-refractivity contribution < 1.29 is 23.7 Å². The summed E-state index contributed by atoms with van der Waals surface area (Å²) >= 11 is 1.28. The Morgan fingerprint density at radius 1 is 1.17 bits per heavy atom. The maximum atomic E-state index is 13.8. The third kappa shape index (κ3) is 4.19. The van der Waals surface area contributed by atoms with Gasteiger partial charge in [-0.15, -0.1) is 0 Å². The van der Waals surface area contributed by atoms with Gasteiger partial charge in [0, 0.05) is 0 Å². The van der Waals surface area contributed by atoms with E-state index < -0.39 is 12.0 Å². The van der Waals surface area contributed by atoms with E-state index in [0.29, 0.717) is 37.9 Å². The van der Waals surface area contributed by atoms with Gasteiger partial charge in [-0.05, 0) is 74.7 Å². The van der Waals surface area contributed by atoms with Crippen LogP contribution >= 0.6 is 11.3 Å². The van der Waals surface area contributed by atoms with Gasteiger partial charge in [-0.2, -0.15) is 0 Å². The Labute approximate surface area is 211 Å². The number of aryl methyl sites for hydroxylation is 1. The maximum Gasteiger partial charge on any atom is 0.338 e. The average Bonchev–Trinajstić information content (AvgIpc) is 3.41. The molecule has 0 unspecified atom stereocenters. The summed E-state index contributed by atoms with van der Waals surface area (Å²) in [6.45, 7) is 7.48. The maximum absolute atomic E-state index is 13.8. The lowest BCUT2D eigenvalue weighted by Gasteiger charge is -2.25. The van der Waals surface area contributed by atoms with Crippen molar-refractivity contribution in [2.45, 2.75) is 39.8 Å². The van der Waals surface area contributed by atoms with Gasteiger partial charge in [0.2, 0.25) is 6.79 Å². The largest absolute Gasteiger partial charge is 0.497 e. The lowest BCUT2D eigenvalue weighted by molar-refractivity contribution is -0.143. The van der Waals surface area contributed by atoms with Crippen LogP contribution in [0.4, 0.5) is 0 Å². The zero-order valence-electron chi connectivity index (χ0n) is 20.7. The molecular weight excluding hydrogens is 480 g/mol. The van der Waals surface area contributed by atoms with Crippen LogP contribution in [0.15, 0.2) is 57.5 Å². The third-order valence-electron chi connectivity index (χ3n) is 6.06. The van der Waals surface area contributed by atoms with E-state index in [2.05, 4.69) is 4.99 Å². The highest BCUT2D eigenvalue weighted by Crippen LogP contribution is 2.35. The first-order valence-electron chi connectivity index (χ1n) is 11.5. The minimum Gasteiger partial charge on any atom is -0.497 e. The quantitative estimate of drug-likeness (QED) is 0.494. The predicted octanol–water partition coefficient (Wildman–Crippen LogP) is 3.23. The van der Waals surface area contributed by atoms with Crippen LogP contribution in [0.25, 0.3) is 6.08 Å². The molecule has 8 nitrogen and oxygen atoms in total. The van der Waals surface area contributed by atoms with Crippen molar-refractivity contribution in [1.82, 2.24) is 4.57 Å². The summed E-state index contributed by atoms with van der Waals surface area (Å²) in [6, 6.07) is 10.4. The molecule has 0 aliphatic carbocycles. The molecule has 0 bridgehead atoms. The van der Waals surface area contributed by atoms with Gasteiger partial charge >= 0.3 is 5.97 Å². The van der Waals surface area contributed by atoms with Gasteiger partial charge in [0.25, 0.3) is 5.56 Å². The standard InChI is InChI=1S/C27H26N2O6S/c1-14(2)35-26(31)23-16(4)28-27-29(24(23)17-6-8-19(32-5)9-7-17)25(30)22(36-27)12-18-11-21-20(10-15(18)3)33-13-34-21/h6-12,14,24H,13H2,1-5H3/b22-12-/t24-/m0/s1. The zero-order chi connectivity index (χ0) is 25.6. The number of carbonyl (C=O) groups is 1. The predicted molar refractivity (Wildman–Crippen MR) is 135 cm³/mol. The van der Waals surface area contributed by atoms with Gasteiger partial charge < -0.3 is 18.9 Å². The lowest BCUT2D eigenvalue weighted by atomic mass is 9.96. The van der Waals surface area contributed by atoms with Crippen molar-refractivity contribution >= 4 is 23.4 Å². The molecule has 9 heteroatoms. The summed E-state index contributed by atoms with van der Waals surface area (Å²) in [4.78, 5) is 32.1. The smallest absolute Gasteiger partial charge is 0.338 e. The molecule has 0 fully saturated rings. The first kappa shape index (κ1) is 23.9. The van der Waals surface area contributed by atoms with Crippen molar-refractivity contribution in [1.29, 1.82) is 0 Å². The molecule has 2 aliphatic rings. The second-order valence-electron chi connectivity index (χ2n) is 8.87. The van der Waals surface area contributed by atoms with Crippen LogP contribution in [0.3, 0.4) is 0 Å². The molecule has 3 aromatic rings. The molecule has 0 N–H and O–H groups in total. The van der Waals surface area contributed by atoms with Crippen LogP contribution in [-0.2, 0) is 9.53 Å². The Bertz CT molecular complexity index is 1560. The molecule has 1 aromatic heterocycles. The number of hydrogen-bond acceptors (Lipinski definition) is 8. The molecule has 0 spiro atoms. The molecule has 0 radical (unpaired) electrons. The summed E-state index contributed by atoms with van der Waals surface area (Å²) in [5, 5.41) is 0. The highest BCUT2D eigenvalue weighted by molar-refractivity contribution is 7.07. The van der Waals surface area contributed by atoms with E-state index in [1.807, 2.05) is 49.4 Å². The van der Waals surface area contributed by atoms with Crippen LogP contribution in [0.2, 0.25) is 0 Å². The van der Waals surface area contributed by atoms with Gasteiger partial charge in [0.1, 0.15) is 5.75 Å². The number of allylic oxidation sites excluding steroid dienone is 1. The molecule has 0 saturated heterocycles. The first-order valence-corrected chi connectivity index (χ1v) is 12.4. The van der Waals surface area contributed by atoms with E-state index in [0.717, 1.165) is 16.7 Å². The number of aromatic nitrogens is 1. The Morgan fingerprint density at radius 3 is 2.53 bits per heavy atom. The fourth-order valence-corrected chi connectivity index (χ4v) is 5.36. The van der Waals surface area contributed by atoms with Crippen LogP contribution < -0.4 is 29.1 Å². The van der Waals surface area contributed by atoms with Crippen LogP contribution in [0, 0.1) is 6.92 Å². The van der Waals surface area contributed by atoms with Gasteiger partial charge in [-0.1, -0.05) is 23.5 Å². The second-order valence-corrected chi connectivity index (χ2v) is 9.88. The van der Waals surface area contributed by atoms with Crippen molar-refractivity contribution in [2.24, 2.45) is 4.99 Å². The highest BCUT2D eigenvalue weighted by atomic mass is 32.1.